The monoisotopic (exact) mass is 393 g/mol. The van der Waals surface area contributed by atoms with Crippen molar-refractivity contribution in [1.29, 1.82) is 0 Å². The third kappa shape index (κ3) is 5.07. The van der Waals surface area contributed by atoms with Gasteiger partial charge in [-0.05, 0) is 30.2 Å². The Morgan fingerprint density at radius 1 is 1.07 bits per heavy atom. The summed E-state index contributed by atoms with van der Waals surface area (Å²) in [5, 5.41) is 5.34. The Balaban J connectivity index is 1.59. The largest absolute Gasteiger partial charge is 0.451 e. The molecule has 0 aromatic heterocycles. The number of aryl methyl sites for hydroxylation is 1. The Labute approximate surface area is 169 Å². The number of carbonyl (C=O) groups is 3. The Morgan fingerprint density at radius 2 is 1.76 bits per heavy atom. The quantitative estimate of drug-likeness (QED) is 0.707. The molecule has 0 saturated heterocycles. The first kappa shape index (κ1) is 20.3. The minimum Gasteiger partial charge on any atom is -0.451 e. The number of amides is 2. The minimum atomic E-state index is -0.684. The molecule has 7 nitrogen and oxygen atoms in total. The highest BCUT2D eigenvalue weighted by Crippen LogP contribution is 2.20. The van der Waals surface area contributed by atoms with Gasteiger partial charge in [-0.25, -0.2) is 9.80 Å². The van der Waals surface area contributed by atoms with E-state index in [1.807, 2.05) is 37.3 Å². The Kier molecular flexibility index (Phi) is 6.39. The second-order valence-corrected chi connectivity index (χ2v) is 6.84. The molecule has 0 unspecified atom stereocenters. The van der Waals surface area contributed by atoms with E-state index in [-0.39, 0.29) is 37.0 Å². The van der Waals surface area contributed by atoms with E-state index in [9.17, 15) is 14.4 Å². The van der Waals surface area contributed by atoms with Crippen LogP contribution in [0.15, 0.2) is 59.7 Å². The zero-order valence-corrected chi connectivity index (χ0v) is 16.5. The van der Waals surface area contributed by atoms with Crippen molar-refractivity contribution in [1.82, 2.24) is 4.90 Å². The van der Waals surface area contributed by atoms with Crippen LogP contribution in [0, 0.1) is 6.92 Å². The van der Waals surface area contributed by atoms with Crippen LogP contribution in [-0.2, 0) is 25.7 Å². The molecular formula is C22H23N3O4. The molecule has 3 rings (SSSR count). The van der Waals surface area contributed by atoms with Crippen LogP contribution in [0.5, 0.6) is 0 Å². The Morgan fingerprint density at radius 3 is 2.48 bits per heavy atom. The van der Waals surface area contributed by atoms with E-state index in [0.717, 1.165) is 11.1 Å². The number of rotatable bonds is 6. The number of esters is 1. The third-order valence-electron chi connectivity index (χ3n) is 4.69. The van der Waals surface area contributed by atoms with Gasteiger partial charge >= 0.3 is 5.97 Å². The maximum absolute atomic E-state index is 12.4. The van der Waals surface area contributed by atoms with Crippen LogP contribution in [0.3, 0.4) is 0 Å². The first-order valence-electron chi connectivity index (χ1n) is 9.37. The number of hydrogen-bond acceptors (Lipinski definition) is 5. The fraction of sp³-hybridized carbons (Fsp3) is 0.273. The Hall–Kier alpha value is -3.48. The average Bonchev–Trinajstić information content (AvgIpc) is 2.74. The van der Waals surface area contributed by atoms with Crippen LogP contribution in [-0.4, -0.2) is 42.0 Å². The lowest BCUT2D eigenvalue weighted by molar-refractivity contribution is -0.146. The maximum Gasteiger partial charge on any atom is 0.355 e. The molecule has 2 aromatic carbocycles. The van der Waals surface area contributed by atoms with Gasteiger partial charge in [-0.15, -0.1) is 0 Å². The average molecular weight is 393 g/mol. The van der Waals surface area contributed by atoms with Crippen molar-refractivity contribution in [2.45, 2.75) is 26.3 Å². The van der Waals surface area contributed by atoms with Crippen molar-refractivity contribution in [3.63, 3.8) is 0 Å². The number of anilines is 1. The van der Waals surface area contributed by atoms with Gasteiger partial charge in [-0.2, -0.15) is 5.10 Å². The number of likely N-dealkylation sites (N-methyl/N-ethyl adjacent to an activating group) is 1. The summed E-state index contributed by atoms with van der Waals surface area (Å²) in [6, 6.07) is 16.7. The second kappa shape index (κ2) is 9.14. The van der Waals surface area contributed by atoms with Crippen molar-refractivity contribution in [2.75, 3.05) is 18.7 Å². The number of ether oxygens (including phenoxy) is 1. The van der Waals surface area contributed by atoms with Gasteiger partial charge < -0.3 is 9.64 Å². The lowest BCUT2D eigenvalue weighted by atomic mass is 10.1. The molecule has 1 aliphatic heterocycles. The predicted octanol–water partition coefficient (Wildman–Crippen LogP) is 2.68. The van der Waals surface area contributed by atoms with Crippen molar-refractivity contribution >= 4 is 29.2 Å². The third-order valence-corrected chi connectivity index (χ3v) is 4.69. The lowest BCUT2D eigenvalue weighted by Crippen LogP contribution is -2.36. The summed E-state index contributed by atoms with van der Waals surface area (Å²) < 4.78 is 5.15. The molecule has 1 heterocycles. The van der Waals surface area contributed by atoms with Gasteiger partial charge in [0.05, 0.1) is 5.69 Å². The highest BCUT2D eigenvalue weighted by atomic mass is 16.5. The summed E-state index contributed by atoms with van der Waals surface area (Å²) in [4.78, 5) is 38.3. The summed E-state index contributed by atoms with van der Waals surface area (Å²) in [5.41, 5.74) is 2.83. The van der Waals surface area contributed by atoms with Gasteiger partial charge in [0, 0.05) is 26.4 Å². The van der Waals surface area contributed by atoms with Crippen molar-refractivity contribution in [2.24, 2.45) is 5.10 Å². The summed E-state index contributed by atoms with van der Waals surface area (Å²) in [6.45, 7) is 2.04. The number of benzene rings is 2. The van der Waals surface area contributed by atoms with E-state index < -0.39 is 5.97 Å². The highest BCUT2D eigenvalue weighted by molar-refractivity contribution is 6.38. The standard InChI is InChI=1S/C22H23N3O4/c1-16-8-6-7-9-17(16)14-24(2)21(27)15-29-22(28)19-12-13-20(26)25(23-19)18-10-4-3-5-11-18/h3-11H,12-15H2,1-2H3. The molecule has 29 heavy (non-hydrogen) atoms. The van der Waals surface area contributed by atoms with E-state index in [4.69, 9.17) is 4.74 Å². The molecular weight excluding hydrogens is 370 g/mol. The molecule has 0 bridgehead atoms. The molecule has 0 atom stereocenters. The molecule has 0 spiro atoms. The Bertz CT molecular complexity index is 940. The number of hydrazone groups is 1. The molecule has 0 saturated carbocycles. The van der Waals surface area contributed by atoms with Crippen LogP contribution < -0.4 is 5.01 Å². The molecule has 7 heteroatoms. The zero-order valence-electron chi connectivity index (χ0n) is 16.5. The SMILES string of the molecule is Cc1ccccc1CN(C)C(=O)COC(=O)C1=NN(c2ccccc2)C(=O)CC1. The van der Waals surface area contributed by atoms with Gasteiger partial charge in [0.1, 0.15) is 5.71 Å². The topological polar surface area (TPSA) is 79.3 Å². The van der Waals surface area contributed by atoms with Crippen molar-refractivity contribution in [3.05, 3.63) is 65.7 Å². The highest BCUT2D eigenvalue weighted by Gasteiger charge is 2.27. The molecule has 2 amide bonds. The normalized spacial score (nSPS) is 13.7. The predicted molar refractivity (Wildman–Crippen MR) is 109 cm³/mol. The van der Waals surface area contributed by atoms with Crippen LogP contribution in [0.25, 0.3) is 0 Å². The second-order valence-electron chi connectivity index (χ2n) is 6.84. The first-order chi connectivity index (χ1) is 14.0. The summed E-state index contributed by atoms with van der Waals surface area (Å²) in [7, 11) is 1.66. The first-order valence-corrected chi connectivity index (χ1v) is 9.37. The van der Waals surface area contributed by atoms with E-state index in [0.29, 0.717) is 12.2 Å². The van der Waals surface area contributed by atoms with E-state index in [1.54, 1.807) is 31.3 Å². The minimum absolute atomic E-state index is 0.128. The van der Waals surface area contributed by atoms with Gasteiger partial charge in [-0.3, -0.25) is 9.59 Å². The molecule has 0 fully saturated rings. The van der Waals surface area contributed by atoms with E-state index >= 15 is 0 Å². The summed E-state index contributed by atoms with van der Waals surface area (Å²) in [6.07, 6.45) is 0.345. The number of carbonyl (C=O) groups excluding carboxylic acids is 3. The van der Waals surface area contributed by atoms with Crippen molar-refractivity contribution < 1.29 is 19.1 Å². The number of nitrogens with zero attached hydrogens (tertiary/aromatic N) is 3. The van der Waals surface area contributed by atoms with E-state index in [1.165, 1.54) is 9.91 Å². The molecule has 2 aromatic rings. The summed E-state index contributed by atoms with van der Waals surface area (Å²) in [5.74, 6) is -1.19. The van der Waals surface area contributed by atoms with Gasteiger partial charge in [0.25, 0.3) is 5.91 Å². The number of para-hydroxylation sites is 1. The van der Waals surface area contributed by atoms with Gasteiger partial charge in [-0.1, -0.05) is 42.5 Å². The zero-order chi connectivity index (χ0) is 20.8. The molecule has 0 radical (unpaired) electrons. The van der Waals surface area contributed by atoms with Crippen molar-refractivity contribution in [3.8, 4) is 0 Å². The van der Waals surface area contributed by atoms with Crippen LogP contribution in [0.1, 0.15) is 24.0 Å². The fourth-order valence-corrected chi connectivity index (χ4v) is 2.92. The van der Waals surface area contributed by atoms with E-state index in [2.05, 4.69) is 5.10 Å². The number of hydrogen-bond donors (Lipinski definition) is 0. The van der Waals surface area contributed by atoms with Gasteiger partial charge in [0.2, 0.25) is 5.91 Å². The van der Waals surface area contributed by atoms with Crippen LogP contribution in [0.4, 0.5) is 5.69 Å². The van der Waals surface area contributed by atoms with Crippen LogP contribution >= 0.6 is 0 Å². The van der Waals surface area contributed by atoms with Crippen LogP contribution in [0.2, 0.25) is 0 Å². The maximum atomic E-state index is 12.4. The van der Waals surface area contributed by atoms with Gasteiger partial charge in [0.15, 0.2) is 6.61 Å². The molecule has 0 aliphatic carbocycles. The molecule has 1 aliphatic rings. The molecule has 150 valence electrons. The molecule has 0 N–H and O–H groups in total. The smallest absolute Gasteiger partial charge is 0.355 e. The lowest BCUT2D eigenvalue weighted by Gasteiger charge is -2.23. The summed E-state index contributed by atoms with van der Waals surface area (Å²) >= 11 is 0. The fourth-order valence-electron chi connectivity index (χ4n) is 2.92.